The highest BCUT2D eigenvalue weighted by Gasteiger charge is 2.45. The van der Waals surface area contributed by atoms with E-state index in [4.69, 9.17) is 17.3 Å². The third-order valence-corrected chi connectivity index (χ3v) is 3.38. The number of hydrogen-bond acceptors (Lipinski definition) is 3. The third kappa shape index (κ3) is 2.34. The summed E-state index contributed by atoms with van der Waals surface area (Å²) in [5.74, 6) is 1.46. The number of nitrogens with zero attached hydrogens (tertiary/aromatic N) is 1. The van der Waals surface area contributed by atoms with Gasteiger partial charge in [-0.15, -0.1) is 0 Å². The number of nitrogens with one attached hydrogen (secondary N) is 1. The molecule has 1 fully saturated rings. The van der Waals surface area contributed by atoms with Gasteiger partial charge in [0.2, 0.25) is 0 Å². The Morgan fingerprint density at radius 2 is 2.33 bits per heavy atom. The average molecular weight is 226 g/mol. The maximum atomic E-state index is 6.00. The fourth-order valence-corrected chi connectivity index (χ4v) is 1.97. The number of nitrogens with two attached hydrogens (primary N) is 1. The highest BCUT2D eigenvalue weighted by molar-refractivity contribution is 6.33. The number of aromatic nitrogens is 1. The molecule has 1 heterocycles. The summed E-state index contributed by atoms with van der Waals surface area (Å²) in [6.45, 7) is 5.48. The zero-order valence-corrected chi connectivity index (χ0v) is 9.80. The van der Waals surface area contributed by atoms with Crippen LogP contribution in [-0.2, 0) is 0 Å². The molecule has 15 heavy (non-hydrogen) atoms. The van der Waals surface area contributed by atoms with E-state index in [0.29, 0.717) is 16.1 Å². The fraction of sp³-hybridized carbons (Fsp3) is 0.545. The van der Waals surface area contributed by atoms with Crippen LogP contribution in [0.25, 0.3) is 0 Å². The largest absolute Gasteiger partial charge is 0.397 e. The molecule has 0 saturated heterocycles. The second-order valence-corrected chi connectivity index (χ2v) is 5.28. The second kappa shape index (κ2) is 3.56. The predicted molar refractivity (Wildman–Crippen MR) is 64.0 cm³/mol. The van der Waals surface area contributed by atoms with Crippen molar-refractivity contribution in [1.82, 2.24) is 4.98 Å². The minimum atomic E-state index is 0.479. The molecular formula is C11H16ClN3. The first-order valence-electron chi connectivity index (χ1n) is 5.14. The first kappa shape index (κ1) is 10.6. The smallest absolute Gasteiger partial charge is 0.144 e. The van der Waals surface area contributed by atoms with Crippen molar-refractivity contribution in [2.45, 2.75) is 20.3 Å². The highest BCUT2D eigenvalue weighted by atomic mass is 35.5. The summed E-state index contributed by atoms with van der Waals surface area (Å²) >= 11 is 6.00. The number of pyridine rings is 1. The maximum Gasteiger partial charge on any atom is 0.144 e. The minimum Gasteiger partial charge on any atom is -0.397 e. The van der Waals surface area contributed by atoms with E-state index in [-0.39, 0.29) is 0 Å². The van der Waals surface area contributed by atoms with Crippen molar-refractivity contribution in [3.63, 3.8) is 0 Å². The van der Waals surface area contributed by atoms with Crippen LogP contribution in [0, 0.1) is 11.3 Å². The molecule has 1 aromatic rings. The normalized spacial score (nSPS) is 22.5. The van der Waals surface area contributed by atoms with Gasteiger partial charge in [0.05, 0.1) is 16.9 Å². The molecule has 0 amide bonds. The van der Waals surface area contributed by atoms with E-state index in [1.807, 2.05) is 0 Å². The monoisotopic (exact) mass is 225 g/mol. The van der Waals surface area contributed by atoms with E-state index < -0.39 is 0 Å². The van der Waals surface area contributed by atoms with Gasteiger partial charge in [-0.2, -0.15) is 0 Å². The lowest BCUT2D eigenvalue weighted by atomic mass is 10.1. The highest BCUT2D eigenvalue weighted by Crippen LogP contribution is 2.51. The Morgan fingerprint density at radius 3 is 2.87 bits per heavy atom. The maximum absolute atomic E-state index is 6.00. The Balaban J connectivity index is 1.94. The Labute approximate surface area is 95.0 Å². The van der Waals surface area contributed by atoms with Gasteiger partial charge in [0.1, 0.15) is 5.82 Å². The lowest BCUT2D eigenvalue weighted by molar-refractivity contribution is 0.573. The summed E-state index contributed by atoms with van der Waals surface area (Å²) in [7, 11) is 0. The lowest BCUT2D eigenvalue weighted by Gasteiger charge is -2.08. The third-order valence-electron chi connectivity index (χ3n) is 3.10. The van der Waals surface area contributed by atoms with Gasteiger partial charge in [-0.25, -0.2) is 4.98 Å². The van der Waals surface area contributed by atoms with Crippen molar-refractivity contribution in [2.24, 2.45) is 11.3 Å². The van der Waals surface area contributed by atoms with Crippen LogP contribution in [0.1, 0.15) is 20.3 Å². The molecule has 1 aliphatic rings. The molecule has 3 N–H and O–H groups in total. The predicted octanol–water partition coefficient (Wildman–Crippen LogP) is 2.78. The molecule has 0 bridgehead atoms. The Kier molecular flexibility index (Phi) is 2.51. The zero-order valence-electron chi connectivity index (χ0n) is 9.05. The van der Waals surface area contributed by atoms with Gasteiger partial charge in [-0.3, -0.25) is 0 Å². The summed E-state index contributed by atoms with van der Waals surface area (Å²) in [6.07, 6.45) is 2.89. The number of hydrogen-bond donors (Lipinski definition) is 2. The summed E-state index contributed by atoms with van der Waals surface area (Å²) in [5.41, 5.74) is 6.64. The van der Waals surface area contributed by atoms with Crippen LogP contribution in [0.3, 0.4) is 0 Å². The first-order chi connectivity index (χ1) is 6.99. The molecule has 1 unspecified atom stereocenters. The summed E-state index contributed by atoms with van der Waals surface area (Å²) in [5, 5.41) is 3.85. The Hall–Kier alpha value is -0.960. The average Bonchev–Trinajstić information content (AvgIpc) is 2.73. The van der Waals surface area contributed by atoms with Gasteiger partial charge in [0.25, 0.3) is 0 Å². The number of halogens is 1. The van der Waals surface area contributed by atoms with Crippen LogP contribution >= 0.6 is 11.6 Å². The SMILES string of the molecule is CC1(C)CC1CNc1ncc(N)cc1Cl. The van der Waals surface area contributed by atoms with Crippen LogP contribution in [0.2, 0.25) is 5.02 Å². The Morgan fingerprint density at radius 1 is 1.67 bits per heavy atom. The van der Waals surface area contributed by atoms with Crippen molar-refractivity contribution in [3.8, 4) is 0 Å². The van der Waals surface area contributed by atoms with Crippen molar-refractivity contribution < 1.29 is 0 Å². The number of nitrogen functional groups attached to an aromatic ring is 1. The molecule has 0 spiro atoms. The van der Waals surface area contributed by atoms with E-state index in [2.05, 4.69) is 24.1 Å². The van der Waals surface area contributed by atoms with Crippen LogP contribution in [0.5, 0.6) is 0 Å². The summed E-state index contributed by atoms with van der Waals surface area (Å²) in [4.78, 5) is 4.16. The van der Waals surface area contributed by atoms with Crippen molar-refractivity contribution >= 4 is 23.1 Å². The summed E-state index contributed by atoms with van der Waals surface area (Å²) in [6, 6.07) is 1.72. The first-order valence-corrected chi connectivity index (χ1v) is 5.52. The van der Waals surface area contributed by atoms with E-state index in [9.17, 15) is 0 Å². The van der Waals surface area contributed by atoms with Crippen molar-refractivity contribution in [1.29, 1.82) is 0 Å². The second-order valence-electron chi connectivity index (χ2n) is 4.87. The minimum absolute atomic E-state index is 0.479. The molecule has 82 valence electrons. The molecule has 1 atom stereocenters. The van der Waals surface area contributed by atoms with E-state index in [0.717, 1.165) is 18.3 Å². The topological polar surface area (TPSA) is 50.9 Å². The standard InChI is InChI=1S/C11H16ClN3/c1-11(2)4-7(11)5-14-10-9(12)3-8(13)6-15-10/h3,6-7H,4-5,13H2,1-2H3,(H,14,15). The van der Waals surface area contributed by atoms with Crippen LogP contribution in [0.15, 0.2) is 12.3 Å². The van der Waals surface area contributed by atoms with Crippen LogP contribution < -0.4 is 11.1 Å². The van der Waals surface area contributed by atoms with Gasteiger partial charge >= 0.3 is 0 Å². The van der Waals surface area contributed by atoms with Gasteiger partial charge in [0, 0.05) is 6.54 Å². The lowest BCUT2D eigenvalue weighted by Crippen LogP contribution is -2.08. The van der Waals surface area contributed by atoms with Gasteiger partial charge in [-0.1, -0.05) is 25.4 Å². The Bertz CT molecular complexity index is 376. The molecule has 0 aliphatic heterocycles. The van der Waals surface area contributed by atoms with Gasteiger partial charge in [0.15, 0.2) is 0 Å². The zero-order chi connectivity index (χ0) is 11.1. The van der Waals surface area contributed by atoms with Crippen molar-refractivity contribution in [3.05, 3.63) is 17.3 Å². The van der Waals surface area contributed by atoms with Crippen LogP contribution in [0.4, 0.5) is 11.5 Å². The van der Waals surface area contributed by atoms with Gasteiger partial charge in [-0.05, 0) is 23.8 Å². The molecule has 1 saturated carbocycles. The van der Waals surface area contributed by atoms with E-state index in [1.165, 1.54) is 6.42 Å². The van der Waals surface area contributed by atoms with E-state index in [1.54, 1.807) is 12.3 Å². The molecule has 0 aromatic carbocycles. The number of rotatable bonds is 3. The molecule has 0 radical (unpaired) electrons. The van der Waals surface area contributed by atoms with Crippen molar-refractivity contribution in [2.75, 3.05) is 17.6 Å². The molecular weight excluding hydrogens is 210 g/mol. The molecule has 3 nitrogen and oxygen atoms in total. The van der Waals surface area contributed by atoms with Gasteiger partial charge < -0.3 is 11.1 Å². The molecule has 4 heteroatoms. The van der Waals surface area contributed by atoms with Crippen LogP contribution in [-0.4, -0.2) is 11.5 Å². The quantitative estimate of drug-likeness (QED) is 0.832. The molecule has 2 rings (SSSR count). The fourth-order valence-electron chi connectivity index (χ4n) is 1.73. The number of anilines is 2. The molecule has 1 aliphatic carbocycles. The van der Waals surface area contributed by atoms with E-state index >= 15 is 0 Å². The molecule has 1 aromatic heterocycles. The summed E-state index contributed by atoms with van der Waals surface area (Å²) < 4.78 is 0.